The molecule has 0 saturated heterocycles. The van der Waals surface area contributed by atoms with Gasteiger partial charge in [-0.1, -0.05) is 0 Å². The second-order valence-corrected chi connectivity index (χ2v) is 5.74. The first-order valence-electron chi connectivity index (χ1n) is 7.96. The minimum atomic E-state index is -0.373. The molecule has 7 heteroatoms. The van der Waals surface area contributed by atoms with Gasteiger partial charge < -0.3 is 15.0 Å². The normalized spacial score (nSPS) is 13.6. The van der Waals surface area contributed by atoms with Gasteiger partial charge in [0.2, 0.25) is 5.91 Å². The van der Waals surface area contributed by atoms with E-state index in [1.54, 1.807) is 29.4 Å². The summed E-state index contributed by atoms with van der Waals surface area (Å²) < 4.78 is 18.8. The fourth-order valence-corrected chi connectivity index (χ4v) is 2.62. The highest BCUT2D eigenvalue weighted by atomic mass is 19.1. The van der Waals surface area contributed by atoms with Crippen LogP contribution in [-0.4, -0.2) is 41.4 Å². The summed E-state index contributed by atoms with van der Waals surface area (Å²) in [7, 11) is 0. The summed E-state index contributed by atoms with van der Waals surface area (Å²) in [5.41, 5.74) is 1.49. The fourth-order valence-electron chi connectivity index (χ4n) is 2.62. The Morgan fingerprint density at radius 2 is 2.08 bits per heavy atom. The van der Waals surface area contributed by atoms with Crippen LogP contribution in [0.15, 0.2) is 42.7 Å². The average molecular weight is 343 g/mol. The van der Waals surface area contributed by atoms with Crippen molar-refractivity contribution >= 4 is 11.8 Å². The topological polar surface area (TPSA) is 71.5 Å². The number of amides is 2. The summed E-state index contributed by atoms with van der Waals surface area (Å²) in [6.07, 6.45) is 3.53. The number of ether oxygens (including phenoxy) is 1. The molecule has 3 rings (SSSR count). The maximum atomic E-state index is 13.4. The molecule has 0 spiro atoms. The Balaban J connectivity index is 1.53. The summed E-state index contributed by atoms with van der Waals surface area (Å²) >= 11 is 0. The molecule has 0 bridgehead atoms. The molecule has 130 valence electrons. The van der Waals surface area contributed by atoms with Crippen LogP contribution >= 0.6 is 0 Å². The standard InChI is InChI=1S/C18H18FN3O3/c19-15-1-2-16-14(10-15)11-22(18(24)12-25-16)8-7-21-17(23)9-13-3-5-20-6-4-13/h1-6,10H,7-9,11-12H2,(H,21,23). The van der Waals surface area contributed by atoms with E-state index < -0.39 is 0 Å². The largest absolute Gasteiger partial charge is 0.483 e. The predicted molar refractivity (Wildman–Crippen MR) is 88.3 cm³/mol. The molecule has 0 radical (unpaired) electrons. The number of benzene rings is 1. The Morgan fingerprint density at radius 3 is 2.88 bits per heavy atom. The van der Waals surface area contributed by atoms with Gasteiger partial charge in [-0.2, -0.15) is 0 Å². The van der Waals surface area contributed by atoms with Gasteiger partial charge in [-0.25, -0.2) is 4.39 Å². The number of carbonyl (C=O) groups is 2. The minimum Gasteiger partial charge on any atom is -0.483 e. The Kier molecular flexibility index (Phi) is 5.23. The van der Waals surface area contributed by atoms with Crippen molar-refractivity contribution in [3.8, 4) is 5.75 Å². The van der Waals surface area contributed by atoms with Crippen LogP contribution in [0.2, 0.25) is 0 Å². The van der Waals surface area contributed by atoms with Gasteiger partial charge in [0.05, 0.1) is 6.42 Å². The van der Waals surface area contributed by atoms with E-state index in [-0.39, 0.29) is 37.2 Å². The van der Waals surface area contributed by atoms with Gasteiger partial charge in [0, 0.05) is 37.6 Å². The van der Waals surface area contributed by atoms with E-state index in [1.165, 1.54) is 18.2 Å². The van der Waals surface area contributed by atoms with Crippen LogP contribution in [0.3, 0.4) is 0 Å². The Bertz CT molecular complexity index is 767. The van der Waals surface area contributed by atoms with Crippen LogP contribution in [0, 0.1) is 5.82 Å². The Labute approximate surface area is 144 Å². The average Bonchev–Trinajstić information content (AvgIpc) is 2.75. The van der Waals surface area contributed by atoms with Crippen molar-refractivity contribution in [1.29, 1.82) is 0 Å². The number of carbonyl (C=O) groups excluding carboxylic acids is 2. The van der Waals surface area contributed by atoms with Crippen molar-refractivity contribution in [2.75, 3.05) is 19.7 Å². The van der Waals surface area contributed by atoms with Crippen LogP contribution in [0.4, 0.5) is 4.39 Å². The van der Waals surface area contributed by atoms with Crippen LogP contribution in [0.5, 0.6) is 5.75 Å². The molecule has 2 aromatic rings. The van der Waals surface area contributed by atoms with Crippen LogP contribution < -0.4 is 10.1 Å². The quantitative estimate of drug-likeness (QED) is 0.888. The molecule has 1 aromatic heterocycles. The van der Waals surface area contributed by atoms with E-state index in [1.807, 2.05) is 0 Å². The zero-order valence-corrected chi connectivity index (χ0v) is 13.6. The molecule has 1 aliphatic heterocycles. The zero-order chi connectivity index (χ0) is 17.6. The summed E-state index contributed by atoms with van der Waals surface area (Å²) in [6.45, 7) is 0.816. The molecule has 0 aliphatic carbocycles. The van der Waals surface area contributed by atoms with Crippen LogP contribution in [0.1, 0.15) is 11.1 Å². The van der Waals surface area contributed by atoms with E-state index in [4.69, 9.17) is 4.74 Å². The first kappa shape index (κ1) is 16.9. The van der Waals surface area contributed by atoms with Crippen molar-refractivity contribution in [1.82, 2.24) is 15.2 Å². The molecule has 25 heavy (non-hydrogen) atoms. The van der Waals surface area contributed by atoms with Crippen molar-refractivity contribution in [2.24, 2.45) is 0 Å². The highest BCUT2D eigenvalue weighted by Crippen LogP contribution is 2.24. The number of rotatable bonds is 5. The smallest absolute Gasteiger partial charge is 0.260 e. The molecule has 0 saturated carbocycles. The lowest BCUT2D eigenvalue weighted by molar-refractivity contribution is -0.133. The number of fused-ring (bicyclic) bond motifs is 1. The number of aromatic nitrogens is 1. The van der Waals surface area contributed by atoms with Crippen LogP contribution in [-0.2, 0) is 22.6 Å². The second kappa shape index (κ2) is 7.74. The lowest BCUT2D eigenvalue weighted by atomic mass is 10.2. The van der Waals surface area contributed by atoms with Crippen molar-refractivity contribution in [2.45, 2.75) is 13.0 Å². The minimum absolute atomic E-state index is 0.0937. The number of hydrogen-bond donors (Lipinski definition) is 1. The molecule has 1 aliphatic rings. The van der Waals surface area contributed by atoms with Gasteiger partial charge in [0.15, 0.2) is 6.61 Å². The Morgan fingerprint density at radius 1 is 1.28 bits per heavy atom. The molecule has 2 amide bonds. The summed E-state index contributed by atoms with van der Waals surface area (Å²) in [4.78, 5) is 29.5. The van der Waals surface area contributed by atoms with Gasteiger partial charge >= 0.3 is 0 Å². The molecule has 1 N–H and O–H groups in total. The highest BCUT2D eigenvalue weighted by molar-refractivity contribution is 5.79. The molecule has 0 unspecified atom stereocenters. The third kappa shape index (κ3) is 4.53. The van der Waals surface area contributed by atoms with E-state index >= 15 is 0 Å². The molecule has 1 aromatic carbocycles. The molecule has 0 fully saturated rings. The molecule has 6 nitrogen and oxygen atoms in total. The number of nitrogens with zero attached hydrogens (tertiary/aromatic N) is 2. The van der Waals surface area contributed by atoms with Crippen molar-refractivity contribution in [3.05, 3.63) is 59.7 Å². The molecular weight excluding hydrogens is 325 g/mol. The molecular formula is C18H18FN3O3. The van der Waals surface area contributed by atoms with E-state index in [0.717, 1.165) is 5.56 Å². The lowest BCUT2D eigenvalue weighted by Crippen LogP contribution is -2.39. The third-order valence-electron chi connectivity index (χ3n) is 3.91. The first-order valence-corrected chi connectivity index (χ1v) is 7.96. The number of hydrogen-bond acceptors (Lipinski definition) is 4. The fraction of sp³-hybridized carbons (Fsp3) is 0.278. The van der Waals surface area contributed by atoms with E-state index in [2.05, 4.69) is 10.3 Å². The SMILES string of the molecule is O=C(Cc1ccncc1)NCCN1Cc2cc(F)ccc2OCC1=O. The predicted octanol–water partition coefficient (Wildman–Crippen LogP) is 1.30. The van der Waals surface area contributed by atoms with Gasteiger partial charge in [0.1, 0.15) is 11.6 Å². The van der Waals surface area contributed by atoms with Gasteiger partial charge in [-0.3, -0.25) is 14.6 Å². The summed E-state index contributed by atoms with van der Waals surface area (Å²) in [5.74, 6) is -0.183. The van der Waals surface area contributed by atoms with E-state index in [0.29, 0.717) is 24.4 Å². The van der Waals surface area contributed by atoms with Gasteiger partial charge in [-0.15, -0.1) is 0 Å². The summed E-state index contributed by atoms with van der Waals surface area (Å²) in [6, 6.07) is 7.75. The molecule has 0 atom stereocenters. The monoisotopic (exact) mass is 343 g/mol. The zero-order valence-electron chi connectivity index (χ0n) is 13.6. The van der Waals surface area contributed by atoms with Crippen molar-refractivity contribution in [3.63, 3.8) is 0 Å². The van der Waals surface area contributed by atoms with Crippen molar-refractivity contribution < 1.29 is 18.7 Å². The number of pyridine rings is 1. The Hall–Kier alpha value is -2.96. The van der Waals surface area contributed by atoms with Crippen LogP contribution in [0.25, 0.3) is 0 Å². The van der Waals surface area contributed by atoms with Gasteiger partial charge in [0.25, 0.3) is 5.91 Å². The van der Waals surface area contributed by atoms with Gasteiger partial charge in [-0.05, 0) is 35.9 Å². The highest BCUT2D eigenvalue weighted by Gasteiger charge is 2.21. The molecule has 2 heterocycles. The third-order valence-corrected chi connectivity index (χ3v) is 3.91. The summed E-state index contributed by atoms with van der Waals surface area (Å²) in [5, 5.41) is 2.79. The maximum absolute atomic E-state index is 13.4. The first-order chi connectivity index (χ1) is 12.1. The maximum Gasteiger partial charge on any atom is 0.260 e. The second-order valence-electron chi connectivity index (χ2n) is 5.74. The number of nitrogens with one attached hydrogen (secondary N) is 1. The number of halogens is 1. The van der Waals surface area contributed by atoms with E-state index in [9.17, 15) is 14.0 Å². The lowest BCUT2D eigenvalue weighted by Gasteiger charge is -2.20.